The first-order valence-electron chi connectivity index (χ1n) is 7.85. The van der Waals surface area contributed by atoms with Crippen LogP contribution in [0.3, 0.4) is 0 Å². The quantitative estimate of drug-likeness (QED) is 0.946. The van der Waals surface area contributed by atoms with Crippen molar-refractivity contribution in [2.75, 3.05) is 26.2 Å². The maximum absolute atomic E-state index is 13.9. The van der Waals surface area contributed by atoms with E-state index in [1.54, 1.807) is 12.3 Å². The number of piperazine rings is 1. The lowest BCUT2D eigenvalue weighted by Gasteiger charge is -2.38. The molecule has 23 heavy (non-hydrogen) atoms. The Morgan fingerprint density at radius 1 is 1.26 bits per heavy atom. The van der Waals surface area contributed by atoms with Crippen molar-refractivity contribution in [3.63, 3.8) is 0 Å². The molecule has 1 N–H and O–H groups in total. The Kier molecular flexibility index (Phi) is 4.43. The molecule has 5 nitrogen and oxygen atoms in total. The van der Waals surface area contributed by atoms with Crippen LogP contribution in [0.1, 0.15) is 34.8 Å². The summed E-state index contributed by atoms with van der Waals surface area (Å²) in [7, 11) is 0. The number of aromatic nitrogens is 2. The number of carbonyl (C=O) groups excluding carboxylic acids is 1. The highest BCUT2D eigenvalue weighted by Crippen LogP contribution is 2.24. The molecule has 0 aliphatic carbocycles. The molecule has 1 fully saturated rings. The van der Waals surface area contributed by atoms with Gasteiger partial charge in [0.1, 0.15) is 17.3 Å². The van der Waals surface area contributed by atoms with Crippen LogP contribution < -0.4 is 0 Å². The zero-order valence-corrected chi connectivity index (χ0v) is 13.4. The molecule has 1 saturated heterocycles. The van der Waals surface area contributed by atoms with Gasteiger partial charge in [0.05, 0.1) is 6.20 Å². The summed E-state index contributed by atoms with van der Waals surface area (Å²) in [6, 6.07) is 6.88. The predicted molar refractivity (Wildman–Crippen MR) is 85.6 cm³/mol. The van der Waals surface area contributed by atoms with Gasteiger partial charge in [-0.2, -0.15) is 0 Å². The largest absolute Gasteiger partial charge is 0.338 e. The maximum atomic E-state index is 13.9. The van der Waals surface area contributed by atoms with Crippen molar-refractivity contribution in [2.45, 2.75) is 19.9 Å². The average molecular weight is 316 g/mol. The number of H-pyrrole nitrogens is 1. The molecule has 0 radical (unpaired) electrons. The summed E-state index contributed by atoms with van der Waals surface area (Å²) in [6.07, 6.45) is 1.58. The summed E-state index contributed by atoms with van der Waals surface area (Å²) in [5.74, 6) is 0.537. The normalized spacial score (nSPS) is 17.3. The van der Waals surface area contributed by atoms with Crippen LogP contribution in [0.25, 0.3) is 0 Å². The molecule has 1 aliphatic rings. The maximum Gasteiger partial charge on any atom is 0.272 e. The van der Waals surface area contributed by atoms with E-state index in [2.05, 4.69) is 14.9 Å². The minimum absolute atomic E-state index is 0.00264. The SMILES string of the molecule is Cc1ncc(C(=O)N2CCN(C(C)c3ccccc3F)CC2)[nH]1. The van der Waals surface area contributed by atoms with Gasteiger partial charge in [-0.3, -0.25) is 9.69 Å². The number of hydrogen-bond donors (Lipinski definition) is 1. The van der Waals surface area contributed by atoms with Crippen LogP contribution in [0.2, 0.25) is 0 Å². The number of amides is 1. The third kappa shape index (κ3) is 3.27. The first-order valence-corrected chi connectivity index (χ1v) is 7.85. The molecule has 0 bridgehead atoms. The van der Waals surface area contributed by atoms with E-state index in [-0.39, 0.29) is 17.8 Å². The number of hydrogen-bond acceptors (Lipinski definition) is 3. The van der Waals surface area contributed by atoms with Crippen LogP contribution in [-0.2, 0) is 0 Å². The second-order valence-electron chi connectivity index (χ2n) is 5.91. The lowest BCUT2D eigenvalue weighted by molar-refractivity contribution is 0.0574. The molecule has 122 valence electrons. The second-order valence-corrected chi connectivity index (χ2v) is 5.91. The second kappa shape index (κ2) is 6.50. The molecule has 3 rings (SSSR count). The van der Waals surface area contributed by atoms with E-state index in [1.165, 1.54) is 6.07 Å². The van der Waals surface area contributed by atoms with E-state index >= 15 is 0 Å². The number of carbonyl (C=O) groups is 1. The monoisotopic (exact) mass is 316 g/mol. The summed E-state index contributed by atoms with van der Waals surface area (Å²) in [5.41, 5.74) is 1.23. The third-order valence-electron chi connectivity index (χ3n) is 4.44. The fourth-order valence-corrected chi connectivity index (χ4v) is 3.02. The Labute approximate surface area is 135 Å². The number of imidazole rings is 1. The van der Waals surface area contributed by atoms with Gasteiger partial charge in [0.15, 0.2) is 0 Å². The van der Waals surface area contributed by atoms with Crippen molar-refractivity contribution >= 4 is 5.91 Å². The van der Waals surface area contributed by atoms with E-state index < -0.39 is 0 Å². The predicted octanol–water partition coefficient (Wildman–Crippen LogP) is 2.38. The van der Waals surface area contributed by atoms with Crippen LogP contribution in [0.15, 0.2) is 30.5 Å². The Balaban J connectivity index is 1.62. The number of rotatable bonds is 3. The van der Waals surface area contributed by atoms with Gasteiger partial charge in [-0.25, -0.2) is 9.37 Å². The van der Waals surface area contributed by atoms with Crippen LogP contribution in [0.4, 0.5) is 4.39 Å². The molecular formula is C17H21FN4O. The topological polar surface area (TPSA) is 52.2 Å². The van der Waals surface area contributed by atoms with Crippen molar-refractivity contribution in [1.29, 1.82) is 0 Å². The molecule has 1 aromatic carbocycles. The van der Waals surface area contributed by atoms with E-state index in [4.69, 9.17) is 0 Å². The summed E-state index contributed by atoms with van der Waals surface area (Å²) < 4.78 is 13.9. The smallest absolute Gasteiger partial charge is 0.272 e. The van der Waals surface area contributed by atoms with E-state index in [9.17, 15) is 9.18 Å². The van der Waals surface area contributed by atoms with Crippen molar-refractivity contribution in [2.24, 2.45) is 0 Å². The van der Waals surface area contributed by atoms with Gasteiger partial charge in [-0.15, -0.1) is 0 Å². The van der Waals surface area contributed by atoms with Crippen LogP contribution in [0, 0.1) is 12.7 Å². The van der Waals surface area contributed by atoms with Gasteiger partial charge in [0.25, 0.3) is 5.91 Å². The lowest BCUT2D eigenvalue weighted by atomic mass is 10.1. The van der Waals surface area contributed by atoms with Crippen molar-refractivity contribution < 1.29 is 9.18 Å². The van der Waals surface area contributed by atoms with Gasteiger partial charge >= 0.3 is 0 Å². The van der Waals surface area contributed by atoms with E-state index in [0.29, 0.717) is 24.3 Å². The van der Waals surface area contributed by atoms with Crippen molar-refractivity contribution in [3.8, 4) is 0 Å². The molecule has 1 atom stereocenters. The van der Waals surface area contributed by atoms with Crippen LogP contribution in [0.5, 0.6) is 0 Å². The lowest BCUT2D eigenvalue weighted by Crippen LogP contribution is -2.49. The summed E-state index contributed by atoms with van der Waals surface area (Å²) >= 11 is 0. The number of aromatic amines is 1. The fraction of sp³-hybridized carbons (Fsp3) is 0.412. The number of nitrogens with one attached hydrogen (secondary N) is 1. The van der Waals surface area contributed by atoms with Gasteiger partial charge in [0, 0.05) is 37.8 Å². The zero-order valence-electron chi connectivity index (χ0n) is 13.4. The summed E-state index contributed by atoms with van der Waals surface area (Å²) in [4.78, 5) is 23.5. The van der Waals surface area contributed by atoms with Crippen molar-refractivity contribution in [3.05, 3.63) is 53.4 Å². The molecule has 2 aromatic rings. The summed E-state index contributed by atoms with van der Waals surface area (Å²) in [5, 5.41) is 0. The summed E-state index contributed by atoms with van der Waals surface area (Å²) in [6.45, 7) is 6.56. The van der Waals surface area contributed by atoms with Crippen LogP contribution >= 0.6 is 0 Å². The van der Waals surface area contributed by atoms with Gasteiger partial charge in [-0.1, -0.05) is 18.2 Å². The molecule has 0 spiro atoms. The van der Waals surface area contributed by atoms with E-state index in [0.717, 1.165) is 18.9 Å². The van der Waals surface area contributed by atoms with Gasteiger partial charge in [0.2, 0.25) is 0 Å². The highest BCUT2D eigenvalue weighted by molar-refractivity contribution is 5.92. The molecule has 6 heteroatoms. The molecule has 1 aromatic heterocycles. The fourth-order valence-electron chi connectivity index (χ4n) is 3.02. The number of benzene rings is 1. The molecule has 2 heterocycles. The highest BCUT2D eigenvalue weighted by Gasteiger charge is 2.27. The molecule has 1 aliphatic heterocycles. The average Bonchev–Trinajstić information content (AvgIpc) is 3.01. The van der Waals surface area contributed by atoms with Gasteiger partial charge < -0.3 is 9.88 Å². The first-order chi connectivity index (χ1) is 11.1. The molecule has 1 unspecified atom stereocenters. The molecule has 0 saturated carbocycles. The Hall–Kier alpha value is -2.21. The standard InChI is InChI=1S/C17H21FN4O/c1-12(14-5-3-4-6-15(14)18)21-7-9-22(10-8-21)17(23)16-11-19-13(2)20-16/h3-6,11-12H,7-10H2,1-2H3,(H,19,20). The Morgan fingerprint density at radius 3 is 2.57 bits per heavy atom. The Bertz CT molecular complexity index is 691. The van der Waals surface area contributed by atoms with Crippen molar-refractivity contribution in [1.82, 2.24) is 19.8 Å². The zero-order chi connectivity index (χ0) is 16.4. The molecule has 1 amide bonds. The number of halogens is 1. The Morgan fingerprint density at radius 2 is 1.96 bits per heavy atom. The highest BCUT2D eigenvalue weighted by atomic mass is 19.1. The number of nitrogens with zero attached hydrogens (tertiary/aromatic N) is 3. The van der Waals surface area contributed by atoms with Gasteiger partial charge in [-0.05, 0) is 19.9 Å². The van der Waals surface area contributed by atoms with Crippen LogP contribution in [-0.4, -0.2) is 51.9 Å². The van der Waals surface area contributed by atoms with E-state index in [1.807, 2.05) is 30.9 Å². The minimum atomic E-state index is -0.175. The minimum Gasteiger partial charge on any atom is -0.338 e. The third-order valence-corrected chi connectivity index (χ3v) is 4.44. The number of aryl methyl sites for hydroxylation is 1. The first kappa shape index (κ1) is 15.7. The molecular weight excluding hydrogens is 295 g/mol.